The van der Waals surface area contributed by atoms with Crippen molar-refractivity contribution in [2.24, 2.45) is 0 Å². The van der Waals surface area contributed by atoms with Gasteiger partial charge in [0.2, 0.25) is 0 Å². The molecule has 1 fully saturated rings. The number of likely N-dealkylation sites (tertiary alicyclic amines) is 1. The summed E-state index contributed by atoms with van der Waals surface area (Å²) in [6.45, 7) is 1.14. The lowest BCUT2D eigenvalue weighted by molar-refractivity contribution is 0.0787. The van der Waals surface area contributed by atoms with Crippen LogP contribution in [0.2, 0.25) is 0 Å². The van der Waals surface area contributed by atoms with Crippen molar-refractivity contribution in [1.82, 2.24) is 14.9 Å². The summed E-state index contributed by atoms with van der Waals surface area (Å²) in [6.07, 6.45) is 2.45. The largest absolute Gasteiger partial charge is 0.497 e. The number of ether oxygens (including phenoxy) is 2. The predicted molar refractivity (Wildman–Crippen MR) is 105 cm³/mol. The zero-order valence-electron chi connectivity index (χ0n) is 15.8. The number of aromatic amines is 1. The maximum absolute atomic E-state index is 13.0. The second-order valence-electron chi connectivity index (χ2n) is 6.79. The second kappa shape index (κ2) is 7.34. The van der Waals surface area contributed by atoms with Crippen molar-refractivity contribution in [2.45, 2.75) is 12.3 Å². The molecule has 0 saturated carbocycles. The summed E-state index contributed by atoms with van der Waals surface area (Å²) in [5.74, 6) is 1.08. The van der Waals surface area contributed by atoms with Crippen molar-refractivity contribution < 1.29 is 14.3 Å². The Bertz CT molecular complexity index is 1090. The van der Waals surface area contributed by atoms with E-state index in [0.29, 0.717) is 41.1 Å². The molecule has 3 heterocycles. The Morgan fingerprint density at radius 1 is 1.21 bits per heavy atom. The molecular weight excluding hydrogens is 358 g/mol. The number of carbonyl (C=O) groups is 1. The van der Waals surface area contributed by atoms with E-state index in [1.54, 1.807) is 48.5 Å². The number of H-pyrrole nitrogens is 1. The SMILES string of the molecule is COc1ccc(C(=O)N2CCC(c3cc4ncccc4c(=O)[nH]3)C2)c(OC)c1. The van der Waals surface area contributed by atoms with Crippen LogP contribution < -0.4 is 15.0 Å². The highest BCUT2D eigenvalue weighted by molar-refractivity contribution is 5.97. The minimum absolute atomic E-state index is 0.0623. The van der Waals surface area contributed by atoms with E-state index in [-0.39, 0.29) is 17.4 Å². The lowest BCUT2D eigenvalue weighted by Gasteiger charge is -2.18. The Morgan fingerprint density at radius 2 is 2.07 bits per heavy atom. The highest BCUT2D eigenvalue weighted by Crippen LogP contribution is 2.31. The van der Waals surface area contributed by atoms with Crippen LogP contribution in [0.1, 0.15) is 28.4 Å². The maximum atomic E-state index is 13.0. The van der Waals surface area contributed by atoms with E-state index in [1.807, 2.05) is 6.07 Å². The van der Waals surface area contributed by atoms with Crippen LogP contribution in [-0.2, 0) is 0 Å². The minimum atomic E-state index is -0.151. The van der Waals surface area contributed by atoms with Gasteiger partial charge < -0.3 is 19.4 Å². The Labute approximate surface area is 161 Å². The number of pyridine rings is 2. The number of rotatable bonds is 4. The molecule has 2 aromatic heterocycles. The number of aromatic nitrogens is 2. The number of nitrogens with zero attached hydrogens (tertiary/aromatic N) is 2. The van der Waals surface area contributed by atoms with Crippen LogP contribution >= 0.6 is 0 Å². The van der Waals surface area contributed by atoms with Gasteiger partial charge in [0.1, 0.15) is 11.5 Å². The van der Waals surface area contributed by atoms with E-state index < -0.39 is 0 Å². The standard InChI is InChI=1S/C21H21N3O4/c1-27-14-5-6-16(19(10-14)28-2)21(26)24-9-7-13(12-24)17-11-18-15(20(25)23-17)4-3-8-22-18/h3-6,8,10-11,13H,7,9,12H2,1-2H3,(H,23,25). The molecule has 0 aliphatic carbocycles. The molecule has 1 atom stereocenters. The van der Waals surface area contributed by atoms with Gasteiger partial charge in [-0.1, -0.05) is 0 Å². The summed E-state index contributed by atoms with van der Waals surface area (Å²) in [4.78, 5) is 34.4. The molecule has 1 aliphatic rings. The van der Waals surface area contributed by atoms with Crippen molar-refractivity contribution in [1.29, 1.82) is 0 Å². The van der Waals surface area contributed by atoms with Gasteiger partial charge in [0.15, 0.2) is 0 Å². The zero-order valence-corrected chi connectivity index (χ0v) is 15.8. The fourth-order valence-electron chi connectivity index (χ4n) is 3.67. The van der Waals surface area contributed by atoms with Crippen LogP contribution in [0.3, 0.4) is 0 Å². The van der Waals surface area contributed by atoms with Crippen LogP contribution in [0.15, 0.2) is 47.4 Å². The first-order chi connectivity index (χ1) is 13.6. The summed E-state index contributed by atoms with van der Waals surface area (Å²) in [6, 6.07) is 10.6. The molecule has 1 N–H and O–H groups in total. The molecule has 7 nitrogen and oxygen atoms in total. The highest BCUT2D eigenvalue weighted by Gasteiger charge is 2.30. The van der Waals surface area contributed by atoms with Crippen molar-refractivity contribution in [3.05, 3.63) is 64.2 Å². The van der Waals surface area contributed by atoms with E-state index in [2.05, 4.69) is 9.97 Å². The van der Waals surface area contributed by atoms with Gasteiger partial charge in [-0.05, 0) is 36.8 Å². The number of amides is 1. The third kappa shape index (κ3) is 3.19. The van der Waals surface area contributed by atoms with Gasteiger partial charge in [-0.2, -0.15) is 0 Å². The summed E-state index contributed by atoms with van der Waals surface area (Å²) in [5.41, 5.74) is 1.83. The summed E-state index contributed by atoms with van der Waals surface area (Å²) < 4.78 is 10.6. The number of hydrogen-bond acceptors (Lipinski definition) is 5. The second-order valence-corrected chi connectivity index (χ2v) is 6.79. The van der Waals surface area contributed by atoms with Crippen LogP contribution in [0.4, 0.5) is 0 Å². The number of nitrogens with one attached hydrogen (secondary N) is 1. The van der Waals surface area contributed by atoms with Gasteiger partial charge in [-0.15, -0.1) is 0 Å². The number of carbonyl (C=O) groups excluding carboxylic acids is 1. The molecule has 1 aliphatic heterocycles. The molecule has 1 amide bonds. The van der Waals surface area contributed by atoms with Crippen LogP contribution in [0.25, 0.3) is 10.9 Å². The average molecular weight is 379 g/mol. The average Bonchev–Trinajstić information content (AvgIpc) is 3.23. The quantitative estimate of drug-likeness (QED) is 0.753. The monoisotopic (exact) mass is 379 g/mol. The topological polar surface area (TPSA) is 84.5 Å². The fourth-order valence-corrected chi connectivity index (χ4v) is 3.67. The number of fused-ring (bicyclic) bond motifs is 1. The molecule has 7 heteroatoms. The molecule has 1 saturated heterocycles. The first-order valence-electron chi connectivity index (χ1n) is 9.10. The maximum Gasteiger partial charge on any atom is 0.257 e. The Morgan fingerprint density at radius 3 is 2.86 bits per heavy atom. The summed E-state index contributed by atoms with van der Waals surface area (Å²) in [5, 5.41) is 0.570. The minimum Gasteiger partial charge on any atom is -0.497 e. The molecule has 0 bridgehead atoms. The first kappa shape index (κ1) is 18.0. The van der Waals surface area contributed by atoms with Crippen LogP contribution in [0, 0.1) is 0 Å². The lowest BCUT2D eigenvalue weighted by atomic mass is 10.0. The molecular formula is C21H21N3O4. The van der Waals surface area contributed by atoms with E-state index >= 15 is 0 Å². The Kier molecular flexibility index (Phi) is 4.73. The Balaban J connectivity index is 1.58. The van der Waals surface area contributed by atoms with Gasteiger partial charge >= 0.3 is 0 Å². The Hall–Kier alpha value is -3.35. The molecule has 28 heavy (non-hydrogen) atoms. The normalized spacial score (nSPS) is 16.4. The summed E-state index contributed by atoms with van der Waals surface area (Å²) >= 11 is 0. The lowest BCUT2D eigenvalue weighted by Crippen LogP contribution is -2.29. The molecule has 3 aromatic rings. The molecule has 4 rings (SSSR count). The zero-order chi connectivity index (χ0) is 19.7. The molecule has 1 aromatic carbocycles. The fraction of sp³-hybridized carbons (Fsp3) is 0.286. The molecule has 0 radical (unpaired) electrons. The van der Waals surface area contributed by atoms with E-state index in [0.717, 1.165) is 12.1 Å². The van der Waals surface area contributed by atoms with Crippen LogP contribution in [0.5, 0.6) is 11.5 Å². The van der Waals surface area contributed by atoms with Gasteiger partial charge in [0, 0.05) is 37.0 Å². The van der Waals surface area contributed by atoms with Crippen LogP contribution in [-0.4, -0.2) is 48.1 Å². The van der Waals surface area contributed by atoms with E-state index in [9.17, 15) is 9.59 Å². The third-order valence-electron chi connectivity index (χ3n) is 5.19. The molecule has 1 unspecified atom stereocenters. The summed E-state index contributed by atoms with van der Waals surface area (Å²) in [7, 11) is 3.10. The van der Waals surface area contributed by atoms with Gasteiger partial charge in [0.05, 0.1) is 30.7 Å². The van der Waals surface area contributed by atoms with E-state index in [4.69, 9.17) is 9.47 Å². The van der Waals surface area contributed by atoms with Crippen molar-refractivity contribution in [3.63, 3.8) is 0 Å². The van der Waals surface area contributed by atoms with Crippen molar-refractivity contribution >= 4 is 16.8 Å². The smallest absolute Gasteiger partial charge is 0.257 e. The third-order valence-corrected chi connectivity index (χ3v) is 5.19. The van der Waals surface area contributed by atoms with Gasteiger partial charge in [-0.3, -0.25) is 14.6 Å². The first-order valence-corrected chi connectivity index (χ1v) is 9.10. The highest BCUT2D eigenvalue weighted by atomic mass is 16.5. The van der Waals surface area contributed by atoms with E-state index in [1.165, 1.54) is 7.11 Å². The van der Waals surface area contributed by atoms with Crippen molar-refractivity contribution in [2.75, 3.05) is 27.3 Å². The van der Waals surface area contributed by atoms with Gasteiger partial charge in [-0.25, -0.2) is 0 Å². The number of hydrogen-bond donors (Lipinski definition) is 1. The predicted octanol–water partition coefficient (Wildman–Crippen LogP) is 2.57. The van der Waals surface area contributed by atoms with Gasteiger partial charge in [0.25, 0.3) is 11.5 Å². The molecule has 144 valence electrons. The molecule has 0 spiro atoms. The number of benzene rings is 1. The van der Waals surface area contributed by atoms with Crippen molar-refractivity contribution in [3.8, 4) is 11.5 Å². The number of methoxy groups -OCH3 is 2.